The van der Waals surface area contributed by atoms with Gasteiger partial charge < -0.3 is 0 Å². The molecule has 0 bridgehead atoms. The average molecular weight is 519 g/mol. The van der Waals surface area contributed by atoms with E-state index in [1.54, 1.807) is 6.33 Å². The maximum Gasteiger partial charge on any atom is 0.115 e. The highest BCUT2D eigenvalue weighted by Gasteiger charge is 2.53. The Labute approximate surface area is 237 Å². The minimum absolute atomic E-state index is 0.402. The van der Waals surface area contributed by atoms with Crippen LogP contribution in [-0.4, -0.2) is 9.97 Å². The maximum absolute atomic E-state index is 4.52. The second-order valence-electron chi connectivity index (χ2n) is 11.3. The number of benzene rings is 6. The number of aromatic nitrogens is 2. The summed E-state index contributed by atoms with van der Waals surface area (Å²) in [6.45, 7) is 0. The van der Waals surface area contributed by atoms with Gasteiger partial charge in [-0.05, 0) is 83.6 Å². The molecule has 0 unspecified atom stereocenters. The molecule has 1 aromatic heterocycles. The zero-order chi connectivity index (χ0) is 26.7. The Balaban J connectivity index is 1.47. The van der Waals surface area contributed by atoms with Gasteiger partial charge in [-0.25, -0.2) is 9.97 Å². The molecule has 0 saturated heterocycles. The molecule has 0 N–H and O–H groups in total. The predicted octanol–water partition coefficient (Wildman–Crippen LogP) is 9.29. The molecule has 10 rings (SSSR count). The average Bonchev–Trinajstić information content (AvgIpc) is 3.64. The summed E-state index contributed by atoms with van der Waals surface area (Å²) < 4.78 is 0. The second kappa shape index (κ2) is 7.44. The van der Waals surface area contributed by atoms with Crippen molar-refractivity contribution in [2.45, 2.75) is 5.41 Å². The fourth-order valence-corrected chi connectivity index (χ4v) is 8.23. The first-order valence-electron chi connectivity index (χ1n) is 14.2. The summed E-state index contributed by atoms with van der Waals surface area (Å²) in [5, 5.41) is 2.61. The van der Waals surface area contributed by atoms with Crippen molar-refractivity contribution in [3.8, 4) is 55.6 Å². The topological polar surface area (TPSA) is 25.8 Å². The number of rotatable bonds is 1. The van der Waals surface area contributed by atoms with E-state index >= 15 is 0 Å². The lowest BCUT2D eigenvalue weighted by atomic mass is 9.69. The molecule has 7 aromatic rings. The third-order valence-corrected chi connectivity index (χ3v) is 9.60. The predicted molar refractivity (Wildman–Crippen MR) is 166 cm³/mol. The fraction of sp³-hybridized carbons (Fsp3) is 0.0256. The Hall–Kier alpha value is -5.34. The van der Waals surface area contributed by atoms with Crippen LogP contribution in [0, 0.1) is 0 Å². The quantitative estimate of drug-likeness (QED) is 0.216. The molecule has 1 spiro atoms. The van der Waals surface area contributed by atoms with Gasteiger partial charge in [0.15, 0.2) is 0 Å². The molecule has 0 radical (unpaired) electrons. The lowest BCUT2D eigenvalue weighted by Gasteiger charge is -2.31. The minimum atomic E-state index is -0.402. The van der Waals surface area contributed by atoms with Crippen LogP contribution in [0.5, 0.6) is 0 Å². The molecular formula is C39H22N2. The monoisotopic (exact) mass is 518 g/mol. The molecule has 0 amide bonds. The molecule has 0 saturated carbocycles. The maximum atomic E-state index is 4.52. The molecule has 41 heavy (non-hydrogen) atoms. The van der Waals surface area contributed by atoms with Crippen molar-refractivity contribution >= 4 is 10.8 Å². The normalized spacial score (nSPS) is 14.0. The number of nitrogens with zero attached hydrogens (tertiary/aromatic N) is 2. The van der Waals surface area contributed by atoms with E-state index in [2.05, 4.69) is 125 Å². The molecular weight excluding hydrogens is 496 g/mol. The summed E-state index contributed by atoms with van der Waals surface area (Å²) >= 11 is 0. The van der Waals surface area contributed by atoms with Gasteiger partial charge >= 0.3 is 0 Å². The second-order valence-corrected chi connectivity index (χ2v) is 11.3. The zero-order valence-corrected chi connectivity index (χ0v) is 22.1. The van der Waals surface area contributed by atoms with Gasteiger partial charge in [0, 0.05) is 23.5 Å². The zero-order valence-electron chi connectivity index (χ0n) is 22.1. The van der Waals surface area contributed by atoms with Crippen LogP contribution in [0.2, 0.25) is 0 Å². The van der Waals surface area contributed by atoms with Gasteiger partial charge in [0.05, 0.1) is 5.41 Å². The minimum Gasteiger partial charge on any atom is -0.244 e. The van der Waals surface area contributed by atoms with Crippen molar-refractivity contribution in [3.05, 3.63) is 156 Å². The van der Waals surface area contributed by atoms with E-state index in [9.17, 15) is 0 Å². The Bertz CT molecular complexity index is 2210. The molecule has 0 atom stereocenters. The van der Waals surface area contributed by atoms with Gasteiger partial charge in [-0.3, -0.25) is 0 Å². The highest BCUT2D eigenvalue weighted by Crippen LogP contribution is 2.66. The van der Waals surface area contributed by atoms with Crippen molar-refractivity contribution in [3.63, 3.8) is 0 Å². The summed E-state index contributed by atoms with van der Waals surface area (Å²) in [5.74, 6) is 0. The van der Waals surface area contributed by atoms with Crippen molar-refractivity contribution in [1.82, 2.24) is 9.97 Å². The summed E-state index contributed by atoms with van der Waals surface area (Å²) in [4.78, 5) is 9.03. The largest absolute Gasteiger partial charge is 0.244 e. The first-order valence-corrected chi connectivity index (χ1v) is 14.2. The van der Waals surface area contributed by atoms with E-state index < -0.39 is 5.41 Å². The molecule has 1 heterocycles. The van der Waals surface area contributed by atoms with Crippen LogP contribution in [-0.2, 0) is 5.41 Å². The van der Waals surface area contributed by atoms with Crippen molar-refractivity contribution in [2.75, 3.05) is 0 Å². The Morgan fingerprint density at radius 2 is 0.976 bits per heavy atom. The Morgan fingerprint density at radius 3 is 1.66 bits per heavy atom. The van der Waals surface area contributed by atoms with Crippen LogP contribution in [0.15, 0.2) is 134 Å². The van der Waals surface area contributed by atoms with Gasteiger partial charge in [-0.2, -0.15) is 0 Å². The molecule has 3 aliphatic rings. The first kappa shape index (κ1) is 21.5. The molecule has 188 valence electrons. The lowest BCUT2D eigenvalue weighted by Crippen LogP contribution is -2.26. The van der Waals surface area contributed by atoms with Gasteiger partial charge in [-0.1, -0.05) is 109 Å². The summed E-state index contributed by atoms with van der Waals surface area (Å²) in [6.07, 6.45) is 5.59. The lowest BCUT2D eigenvalue weighted by molar-refractivity contribution is 0.794. The Kier molecular flexibility index (Phi) is 3.90. The van der Waals surface area contributed by atoms with Crippen LogP contribution in [0.3, 0.4) is 0 Å². The van der Waals surface area contributed by atoms with E-state index in [0.29, 0.717) is 0 Å². The smallest absolute Gasteiger partial charge is 0.115 e. The SMILES string of the molecule is c1ccc2c(c1)-c1ccccc1C21c2ccccc2-c2c1cc1c(c2-c2cncnc2)-c2cccc3cccc-1c23. The molecule has 0 fully saturated rings. The van der Waals surface area contributed by atoms with Gasteiger partial charge in [0.2, 0.25) is 0 Å². The van der Waals surface area contributed by atoms with E-state index in [0.717, 1.165) is 5.56 Å². The molecule has 3 aliphatic carbocycles. The summed E-state index contributed by atoms with van der Waals surface area (Å²) in [5.41, 5.74) is 17.7. The van der Waals surface area contributed by atoms with Crippen LogP contribution < -0.4 is 0 Å². The van der Waals surface area contributed by atoms with Crippen molar-refractivity contribution in [1.29, 1.82) is 0 Å². The van der Waals surface area contributed by atoms with E-state index in [1.807, 2.05) is 12.4 Å². The van der Waals surface area contributed by atoms with Crippen molar-refractivity contribution in [2.24, 2.45) is 0 Å². The summed E-state index contributed by atoms with van der Waals surface area (Å²) in [7, 11) is 0. The summed E-state index contributed by atoms with van der Waals surface area (Å²) in [6, 6.07) is 43.0. The van der Waals surface area contributed by atoms with Crippen LogP contribution in [0.4, 0.5) is 0 Å². The first-order chi connectivity index (χ1) is 20.4. The third-order valence-electron chi connectivity index (χ3n) is 9.60. The van der Waals surface area contributed by atoms with E-state index in [4.69, 9.17) is 0 Å². The molecule has 6 aromatic carbocycles. The van der Waals surface area contributed by atoms with E-state index in [1.165, 1.54) is 83.1 Å². The van der Waals surface area contributed by atoms with Gasteiger partial charge in [-0.15, -0.1) is 0 Å². The fourth-order valence-electron chi connectivity index (χ4n) is 8.23. The molecule has 2 nitrogen and oxygen atoms in total. The van der Waals surface area contributed by atoms with E-state index in [-0.39, 0.29) is 0 Å². The standard InChI is InChI=1S/C39H22N2/c1-4-16-31-25(11-1)26-12-2-5-17-32(26)39(31)33-18-6-3-13-28(33)38-34(39)19-30-27-14-7-9-23-10-8-15-29(35(23)27)37(30)36(38)24-20-40-22-41-21-24/h1-22H. The Morgan fingerprint density at radius 1 is 0.415 bits per heavy atom. The van der Waals surface area contributed by atoms with Crippen LogP contribution in [0.1, 0.15) is 22.3 Å². The molecule has 0 aliphatic heterocycles. The number of hydrogen-bond acceptors (Lipinski definition) is 2. The van der Waals surface area contributed by atoms with Gasteiger partial charge in [0.1, 0.15) is 6.33 Å². The van der Waals surface area contributed by atoms with Gasteiger partial charge in [0.25, 0.3) is 0 Å². The number of hydrogen-bond donors (Lipinski definition) is 0. The van der Waals surface area contributed by atoms with Crippen LogP contribution in [0.25, 0.3) is 66.4 Å². The number of fused-ring (bicyclic) bond motifs is 13. The molecule has 2 heteroatoms. The third kappa shape index (κ3) is 2.42. The highest BCUT2D eigenvalue weighted by atomic mass is 14.8. The van der Waals surface area contributed by atoms with Crippen molar-refractivity contribution < 1.29 is 0 Å². The highest BCUT2D eigenvalue weighted by molar-refractivity contribution is 6.21. The van der Waals surface area contributed by atoms with Crippen LogP contribution >= 0.6 is 0 Å².